The highest BCUT2D eigenvalue weighted by atomic mass is 16.4. The van der Waals surface area contributed by atoms with E-state index in [4.69, 9.17) is 0 Å². The molecule has 1 saturated carbocycles. The summed E-state index contributed by atoms with van der Waals surface area (Å²) in [4.78, 5) is 0. The van der Waals surface area contributed by atoms with E-state index in [2.05, 4.69) is 0 Å². The molecule has 0 unspecified atom stereocenters. The summed E-state index contributed by atoms with van der Waals surface area (Å²) in [6, 6.07) is -1.39. The summed E-state index contributed by atoms with van der Waals surface area (Å²) in [5.41, 5.74) is 0.161. The minimum Gasteiger partial charge on any atom is -0.396 e. The van der Waals surface area contributed by atoms with Crippen molar-refractivity contribution in [2.24, 2.45) is 5.92 Å². The molecule has 2 aliphatic rings. The highest BCUT2D eigenvalue weighted by Gasteiger charge is 2.47. The fourth-order valence-corrected chi connectivity index (χ4v) is 3.42. The number of aliphatic hydroxyl groups excluding tert-OH is 8. The van der Waals surface area contributed by atoms with E-state index in [9.17, 15) is 40.9 Å². The van der Waals surface area contributed by atoms with Gasteiger partial charge in [0.1, 0.15) is 42.6 Å². The van der Waals surface area contributed by atoms with Crippen LogP contribution in [0.25, 0.3) is 0 Å². The zero-order valence-corrected chi connectivity index (χ0v) is 12.5. The van der Waals surface area contributed by atoms with Crippen LogP contribution >= 0.6 is 0 Å². The fourth-order valence-electron chi connectivity index (χ4n) is 3.42. The molecule has 10 N–H and O–H groups in total. The minimum atomic E-state index is -1.48. The first-order valence-corrected chi connectivity index (χ1v) is 7.67. The van der Waals surface area contributed by atoms with Gasteiger partial charge in [0.05, 0.1) is 12.7 Å². The molecular formula is C14H26NO8+. The van der Waals surface area contributed by atoms with E-state index < -0.39 is 61.2 Å². The number of quaternary nitrogens is 1. The molecular weight excluding hydrogens is 310 g/mol. The van der Waals surface area contributed by atoms with E-state index >= 15 is 0 Å². The summed E-state index contributed by atoms with van der Waals surface area (Å²) >= 11 is 0. The molecule has 0 aromatic heterocycles. The SMILES string of the molecule is OCC1=C[C@H]([NH2+][C@H]2C[C@H](CO)[C@@H](O)[C@H](O)[C@H]2O)[C@H](O)[C@@H](O)[C@@H]1O. The van der Waals surface area contributed by atoms with Crippen molar-refractivity contribution < 1.29 is 46.2 Å². The highest BCUT2D eigenvalue weighted by molar-refractivity contribution is 5.19. The third kappa shape index (κ3) is 3.58. The smallest absolute Gasteiger partial charge is 0.138 e. The van der Waals surface area contributed by atoms with Crippen LogP contribution in [0.5, 0.6) is 0 Å². The largest absolute Gasteiger partial charge is 0.396 e. The Bertz CT molecular complexity index is 431. The van der Waals surface area contributed by atoms with Crippen molar-refractivity contribution >= 4 is 0 Å². The first-order chi connectivity index (χ1) is 10.8. The summed E-state index contributed by atoms with van der Waals surface area (Å²) in [7, 11) is 0. The van der Waals surface area contributed by atoms with Gasteiger partial charge in [0.2, 0.25) is 0 Å². The summed E-state index contributed by atoms with van der Waals surface area (Å²) in [5, 5.41) is 79.4. The average molecular weight is 336 g/mol. The molecule has 2 rings (SSSR count). The van der Waals surface area contributed by atoms with Crippen LogP contribution in [0, 0.1) is 5.92 Å². The van der Waals surface area contributed by atoms with Crippen LogP contribution in [0.2, 0.25) is 0 Å². The van der Waals surface area contributed by atoms with Crippen molar-refractivity contribution in [3.8, 4) is 0 Å². The van der Waals surface area contributed by atoms with Crippen LogP contribution in [-0.4, -0.2) is 103 Å². The van der Waals surface area contributed by atoms with Crippen LogP contribution in [0.1, 0.15) is 6.42 Å². The van der Waals surface area contributed by atoms with E-state index in [1.54, 1.807) is 0 Å². The van der Waals surface area contributed by atoms with E-state index in [0.29, 0.717) is 0 Å². The second-order valence-electron chi connectivity index (χ2n) is 6.41. The van der Waals surface area contributed by atoms with Gasteiger partial charge >= 0.3 is 0 Å². The van der Waals surface area contributed by atoms with Gasteiger partial charge < -0.3 is 46.2 Å². The maximum Gasteiger partial charge on any atom is 0.138 e. The van der Waals surface area contributed by atoms with Gasteiger partial charge in [-0.25, -0.2) is 0 Å². The predicted molar refractivity (Wildman–Crippen MR) is 75.9 cm³/mol. The van der Waals surface area contributed by atoms with E-state index in [-0.39, 0.29) is 18.6 Å². The summed E-state index contributed by atoms with van der Waals surface area (Å²) in [6.45, 7) is -0.843. The molecule has 0 aromatic rings. The lowest BCUT2D eigenvalue weighted by molar-refractivity contribution is -0.731. The molecule has 23 heavy (non-hydrogen) atoms. The lowest BCUT2D eigenvalue weighted by atomic mass is 9.78. The molecule has 0 amide bonds. The van der Waals surface area contributed by atoms with Gasteiger partial charge in [-0.3, -0.25) is 0 Å². The van der Waals surface area contributed by atoms with Gasteiger partial charge in [-0.1, -0.05) is 0 Å². The van der Waals surface area contributed by atoms with Crippen molar-refractivity contribution in [2.75, 3.05) is 13.2 Å². The van der Waals surface area contributed by atoms with Crippen molar-refractivity contribution in [2.45, 2.75) is 55.1 Å². The van der Waals surface area contributed by atoms with Crippen molar-refractivity contribution in [1.82, 2.24) is 0 Å². The minimum absolute atomic E-state index is 0.161. The molecule has 0 aromatic carbocycles. The van der Waals surface area contributed by atoms with Crippen LogP contribution in [0.3, 0.4) is 0 Å². The zero-order chi connectivity index (χ0) is 17.3. The molecule has 0 spiro atoms. The summed E-state index contributed by atoms with van der Waals surface area (Å²) < 4.78 is 0. The molecule has 9 heteroatoms. The molecule has 9 nitrogen and oxygen atoms in total. The Hall–Kier alpha value is -0.620. The van der Waals surface area contributed by atoms with Crippen LogP contribution in [0.15, 0.2) is 11.6 Å². The first-order valence-electron chi connectivity index (χ1n) is 7.67. The molecule has 1 fully saturated rings. The Kier molecular flexibility index (Phi) is 6.11. The van der Waals surface area contributed by atoms with Gasteiger partial charge in [0.25, 0.3) is 0 Å². The standard InChI is InChI=1S/C14H25NO8/c16-3-5-1-7(11(20)13(22)9(5)18)15-8-2-6(4-17)10(19)14(23)12(8)21/h1,6-23H,2-4H2/p+1/t6-,7+,8+,9-,10-,11+,12+,13+,14+/m1/s1. The molecule has 9 atom stereocenters. The van der Waals surface area contributed by atoms with Crippen molar-refractivity contribution in [3.63, 3.8) is 0 Å². The quantitative estimate of drug-likeness (QED) is 0.228. The Morgan fingerprint density at radius 1 is 0.870 bits per heavy atom. The normalized spacial score (nSPS) is 48.2. The Morgan fingerprint density at radius 2 is 1.52 bits per heavy atom. The van der Waals surface area contributed by atoms with Crippen LogP contribution in [-0.2, 0) is 0 Å². The molecule has 0 bridgehead atoms. The number of aliphatic hydroxyl groups is 8. The third-order valence-corrected chi connectivity index (χ3v) is 4.94. The predicted octanol–water partition coefficient (Wildman–Crippen LogP) is -5.60. The average Bonchev–Trinajstić information content (AvgIpc) is 2.55. The number of rotatable bonds is 4. The van der Waals surface area contributed by atoms with Gasteiger partial charge in [0, 0.05) is 18.9 Å². The first kappa shape index (κ1) is 18.7. The zero-order valence-electron chi connectivity index (χ0n) is 12.5. The maximum absolute atomic E-state index is 10.1. The van der Waals surface area contributed by atoms with Crippen molar-refractivity contribution in [3.05, 3.63) is 11.6 Å². The van der Waals surface area contributed by atoms with Crippen LogP contribution < -0.4 is 5.32 Å². The van der Waals surface area contributed by atoms with Gasteiger partial charge in [-0.2, -0.15) is 0 Å². The van der Waals surface area contributed by atoms with Crippen molar-refractivity contribution in [1.29, 1.82) is 0 Å². The molecule has 134 valence electrons. The van der Waals surface area contributed by atoms with E-state index in [1.807, 2.05) is 0 Å². The molecule has 2 aliphatic carbocycles. The van der Waals surface area contributed by atoms with Gasteiger partial charge in [-0.15, -0.1) is 0 Å². The number of hydrogen-bond acceptors (Lipinski definition) is 8. The number of nitrogens with two attached hydrogens (primary N) is 1. The Morgan fingerprint density at radius 3 is 2.09 bits per heavy atom. The number of hydrogen-bond donors (Lipinski definition) is 9. The molecule has 0 heterocycles. The lowest BCUT2D eigenvalue weighted by Gasteiger charge is -2.41. The van der Waals surface area contributed by atoms with E-state index in [0.717, 1.165) is 0 Å². The van der Waals surface area contributed by atoms with Crippen LogP contribution in [0.4, 0.5) is 0 Å². The topological polar surface area (TPSA) is 178 Å². The highest BCUT2D eigenvalue weighted by Crippen LogP contribution is 2.25. The monoisotopic (exact) mass is 336 g/mol. The second-order valence-corrected chi connectivity index (χ2v) is 6.41. The lowest BCUT2D eigenvalue weighted by Crippen LogP contribution is -3.01. The van der Waals surface area contributed by atoms with E-state index in [1.165, 1.54) is 11.4 Å². The molecule has 0 aliphatic heterocycles. The Balaban J connectivity index is 2.15. The maximum atomic E-state index is 10.1. The molecule has 0 saturated heterocycles. The third-order valence-electron chi connectivity index (χ3n) is 4.94. The van der Waals surface area contributed by atoms with Gasteiger partial charge in [0.15, 0.2) is 0 Å². The summed E-state index contributed by atoms with van der Waals surface area (Å²) in [6.07, 6.45) is -6.52. The fraction of sp³-hybridized carbons (Fsp3) is 0.857. The summed E-state index contributed by atoms with van der Waals surface area (Å²) in [5.74, 6) is -0.618. The second kappa shape index (κ2) is 7.51. The Labute approximate surface area is 133 Å². The molecule has 0 radical (unpaired) electrons. The van der Waals surface area contributed by atoms with Gasteiger partial charge in [-0.05, 0) is 11.6 Å².